The molecule has 1 aliphatic heterocycles. The molecule has 5 heteroatoms. The van der Waals surface area contributed by atoms with Crippen LogP contribution in [0, 0.1) is 0 Å². The Balaban J connectivity index is 2.13. The first-order valence-corrected chi connectivity index (χ1v) is 6.57. The summed E-state index contributed by atoms with van der Waals surface area (Å²) in [6.45, 7) is 2.91. The molecule has 0 atom stereocenters. The van der Waals surface area contributed by atoms with Gasteiger partial charge in [0.05, 0.1) is 18.4 Å². The van der Waals surface area contributed by atoms with Crippen LogP contribution in [0.3, 0.4) is 0 Å². The molecule has 0 saturated heterocycles. The van der Waals surface area contributed by atoms with Crippen LogP contribution in [-0.2, 0) is 13.1 Å². The molecule has 0 radical (unpaired) electrons. The molecule has 3 rings (SSSR count). The third-order valence-electron chi connectivity index (χ3n) is 2.62. The van der Waals surface area contributed by atoms with Crippen LogP contribution >= 0.6 is 27.3 Å². The van der Waals surface area contributed by atoms with E-state index in [9.17, 15) is 0 Å². The predicted octanol–water partition coefficient (Wildman–Crippen LogP) is 2.48. The van der Waals surface area contributed by atoms with E-state index in [1.807, 2.05) is 6.20 Å². The Kier molecular flexibility index (Phi) is 2.38. The topological polar surface area (TPSA) is 29.9 Å². The molecule has 0 bridgehead atoms. The number of nitrogens with one attached hydrogen (secondary N) is 1. The fraction of sp³-hybridized carbons (Fsp3) is 0.300. The van der Waals surface area contributed by atoms with Gasteiger partial charge in [0.1, 0.15) is 5.82 Å². The summed E-state index contributed by atoms with van der Waals surface area (Å²) in [5.74, 6) is 1.13. The summed E-state index contributed by atoms with van der Waals surface area (Å²) in [5.41, 5.74) is 2.47. The molecular weight excluding hydrogens is 274 g/mol. The van der Waals surface area contributed by atoms with Crippen molar-refractivity contribution in [2.75, 3.05) is 6.54 Å². The number of imidazole rings is 1. The third-order valence-corrected chi connectivity index (χ3v) is 4.33. The van der Waals surface area contributed by atoms with Crippen molar-refractivity contribution in [3.8, 4) is 11.3 Å². The Morgan fingerprint density at radius 2 is 2.40 bits per heavy atom. The van der Waals surface area contributed by atoms with E-state index in [1.54, 1.807) is 11.3 Å². The summed E-state index contributed by atoms with van der Waals surface area (Å²) >= 11 is 5.28. The summed E-state index contributed by atoms with van der Waals surface area (Å²) < 4.78 is 3.46. The fourth-order valence-electron chi connectivity index (χ4n) is 1.87. The smallest absolute Gasteiger partial charge is 0.123 e. The molecule has 3 nitrogen and oxygen atoms in total. The highest BCUT2D eigenvalue weighted by Crippen LogP contribution is 2.32. The molecule has 0 saturated carbocycles. The van der Waals surface area contributed by atoms with E-state index in [0.29, 0.717) is 0 Å². The molecule has 0 spiro atoms. The number of rotatable bonds is 1. The van der Waals surface area contributed by atoms with Crippen LogP contribution in [0.5, 0.6) is 0 Å². The molecule has 0 aromatic carbocycles. The van der Waals surface area contributed by atoms with Crippen LogP contribution in [-0.4, -0.2) is 16.1 Å². The van der Waals surface area contributed by atoms with E-state index in [2.05, 4.69) is 41.6 Å². The molecule has 2 aromatic rings. The number of fused-ring (bicyclic) bond motifs is 1. The van der Waals surface area contributed by atoms with Crippen LogP contribution in [0.1, 0.15) is 5.82 Å². The summed E-state index contributed by atoms with van der Waals surface area (Å²) in [4.78, 5) is 4.44. The van der Waals surface area contributed by atoms with Crippen molar-refractivity contribution in [1.82, 2.24) is 14.9 Å². The van der Waals surface area contributed by atoms with Crippen LogP contribution in [0.25, 0.3) is 11.3 Å². The van der Waals surface area contributed by atoms with Crippen LogP contribution < -0.4 is 5.32 Å². The van der Waals surface area contributed by atoms with Crippen LogP contribution in [0.2, 0.25) is 0 Å². The number of hydrogen-bond acceptors (Lipinski definition) is 3. The lowest BCUT2D eigenvalue weighted by molar-refractivity contribution is 0.508. The number of nitrogens with zero attached hydrogens (tertiary/aromatic N) is 2. The molecule has 1 aliphatic rings. The highest BCUT2D eigenvalue weighted by Gasteiger charge is 2.16. The second-order valence-electron chi connectivity index (χ2n) is 3.52. The van der Waals surface area contributed by atoms with E-state index in [1.165, 1.54) is 11.3 Å². The maximum Gasteiger partial charge on any atom is 0.123 e. The summed E-state index contributed by atoms with van der Waals surface area (Å²) in [6, 6.07) is 0. The summed E-state index contributed by atoms with van der Waals surface area (Å²) in [5, 5.41) is 7.59. The van der Waals surface area contributed by atoms with Crippen molar-refractivity contribution < 1.29 is 0 Å². The predicted molar refractivity (Wildman–Crippen MR) is 64.9 cm³/mol. The van der Waals surface area contributed by atoms with Gasteiger partial charge in [-0.05, 0) is 15.9 Å². The van der Waals surface area contributed by atoms with Gasteiger partial charge in [-0.15, -0.1) is 0 Å². The molecule has 3 heterocycles. The number of thiophene rings is 1. The maximum atomic E-state index is 4.44. The quantitative estimate of drug-likeness (QED) is 0.872. The second kappa shape index (κ2) is 3.73. The molecule has 1 N–H and O–H groups in total. The van der Waals surface area contributed by atoms with Crippen molar-refractivity contribution >= 4 is 27.3 Å². The first-order valence-electron chi connectivity index (χ1n) is 4.83. The normalized spacial score (nSPS) is 15.3. The average Bonchev–Trinajstić information content (AvgIpc) is 2.83. The molecule has 15 heavy (non-hydrogen) atoms. The zero-order valence-electron chi connectivity index (χ0n) is 8.03. The fourth-order valence-corrected chi connectivity index (χ4v) is 3.37. The van der Waals surface area contributed by atoms with Gasteiger partial charge in [0.2, 0.25) is 0 Å². The molecular formula is C10H10BrN3S. The second-order valence-corrected chi connectivity index (χ2v) is 5.12. The number of halogens is 1. The number of aromatic nitrogens is 2. The molecule has 0 amide bonds. The number of hydrogen-bond donors (Lipinski definition) is 1. The maximum absolute atomic E-state index is 4.44. The zero-order valence-corrected chi connectivity index (χ0v) is 10.4. The molecule has 0 aliphatic carbocycles. The third kappa shape index (κ3) is 1.55. The highest BCUT2D eigenvalue weighted by molar-refractivity contribution is 9.10. The lowest BCUT2D eigenvalue weighted by Gasteiger charge is -2.17. The Morgan fingerprint density at radius 3 is 3.20 bits per heavy atom. The van der Waals surface area contributed by atoms with Crippen molar-refractivity contribution in [3.05, 3.63) is 27.3 Å². The van der Waals surface area contributed by atoms with Crippen molar-refractivity contribution in [1.29, 1.82) is 0 Å². The Morgan fingerprint density at radius 1 is 1.47 bits per heavy atom. The van der Waals surface area contributed by atoms with Gasteiger partial charge in [0.25, 0.3) is 0 Å². The molecule has 0 unspecified atom stereocenters. The van der Waals surface area contributed by atoms with Gasteiger partial charge in [-0.2, -0.15) is 11.3 Å². The summed E-state index contributed by atoms with van der Waals surface area (Å²) in [6.07, 6.45) is 1.97. The lowest BCUT2D eigenvalue weighted by Crippen LogP contribution is -2.28. The van der Waals surface area contributed by atoms with Gasteiger partial charge in [-0.3, -0.25) is 0 Å². The first-order chi connectivity index (χ1) is 7.36. The van der Waals surface area contributed by atoms with Crippen molar-refractivity contribution in [3.63, 3.8) is 0 Å². The van der Waals surface area contributed by atoms with Crippen molar-refractivity contribution in [2.45, 2.75) is 13.1 Å². The first kappa shape index (κ1) is 9.57. The van der Waals surface area contributed by atoms with Gasteiger partial charge >= 0.3 is 0 Å². The summed E-state index contributed by atoms with van der Waals surface area (Å²) in [7, 11) is 0. The lowest BCUT2D eigenvalue weighted by atomic mass is 10.2. The van der Waals surface area contributed by atoms with E-state index in [0.717, 1.165) is 29.9 Å². The Bertz CT molecular complexity index is 489. The zero-order chi connectivity index (χ0) is 10.3. The minimum Gasteiger partial charge on any atom is -0.326 e. The monoisotopic (exact) mass is 283 g/mol. The van der Waals surface area contributed by atoms with E-state index < -0.39 is 0 Å². The van der Waals surface area contributed by atoms with E-state index >= 15 is 0 Å². The van der Waals surface area contributed by atoms with Crippen LogP contribution in [0.4, 0.5) is 0 Å². The van der Waals surface area contributed by atoms with E-state index in [-0.39, 0.29) is 0 Å². The Hall–Kier alpha value is -0.650. The highest BCUT2D eigenvalue weighted by atomic mass is 79.9. The largest absolute Gasteiger partial charge is 0.326 e. The van der Waals surface area contributed by atoms with Gasteiger partial charge in [0.15, 0.2) is 0 Å². The minimum atomic E-state index is 0.877. The minimum absolute atomic E-state index is 0.877. The molecule has 78 valence electrons. The van der Waals surface area contributed by atoms with Gasteiger partial charge in [-0.1, -0.05) is 0 Å². The average molecular weight is 284 g/mol. The van der Waals surface area contributed by atoms with Crippen LogP contribution in [0.15, 0.2) is 21.4 Å². The molecule has 0 fully saturated rings. The van der Waals surface area contributed by atoms with Gasteiger partial charge in [0, 0.05) is 33.9 Å². The SMILES string of the molecule is Brc1cscc1-c1cnc2n1CCNC2. The molecule has 2 aromatic heterocycles. The van der Waals surface area contributed by atoms with Crippen molar-refractivity contribution in [2.24, 2.45) is 0 Å². The Labute approximate surface area is 100 Å². The van der Waals surface area contributed by atoms with E-state index in [4.69, 9.17) is 0 Å². The van der Waals surface area contributed by atoms with Gasteiger partial charge in [-0.25, -0.2) is 4.98 Å². The van der Waals surface area contributed by atoms with Gasteiger partial charge < -0.3 is 9.88 Å². The standard InChI is InChI=1S/C10H10BrN3S/c11-8-6-15-5-7(8)9-3-13-10-4-12-1-2-14(9)10/h3,5-6,12H,1-2,4H2.